The zero-order valence-corrected chi connectivity index (χ0v) is 27.3. The van der Waals surface area contributed by atoms with Gasteiger partial charge in [0.15, 0.2) is 9.84 Å². The summed E-state index contributed by atoms with van der Waals surface area (Å²) >= 11 is 0. The van der Waals surface area contributed by atoms with Crippen molar-refractivity contribution in [2.24, 2.45) is 5.41 Å². The van der Waals surface area contributed by atoms with Crippen LogP contribution in [0.15, 0.2) is 83.8 Å². The number of benzene rings is 3. The molecule has 0 unspecified atom stereocenters. The Balaban J connectivity index is 1.65. The van der Waals surface area contributed by atoms with Crippen molar-refractivity contribution >= 4 is 27.3 Å². The van der Waals surface area contributed by atoms with Gasteiger partial charge in [0.25, 0.3) is 5.69 Å². The van der Waals surface area contributed by atoms with Crippen molar-refractivity contribution in [3.8, 4) is 5.75 Å². The van der Waals surface area contributed by atoms with Crippen molar-refractivity contribution in [2.75, 3.05) is 12.9 Å². The number of aliphatic hydroxyl groups is 1. The first-order chi connectivity index (χ1) is 21.7. The molecule has 1 N–H and O–H groups in total. The number of carbonyl (C=O) groups is 2. The topological polar surface area (TPSA) is 159 Å². The van der Waals surface area contributed by atoms with Crippen molar-refractivity contribution in [3.05, 3.63) is 100 Å². The SMILES string of the molecule is COc1ccc(CO[C@H](C)[C@H](O)C[C@H](CCCC(=O)C(C)(C)CS(=O)(=O)c2ccccc2)OC(=O)c2ccc([N+](=O)[O-])cc2)cc1. The summed E-state index contributed by atoms with van der Waals surface area (Å²) in [6.07, 6.45) is -1.99. The molecule has 0 fully saturated rings. The third-order valence-electron chi connectivity index (χ3n) is 7.64. The van der Waals surface area contributed by atoms with E-state index < -0.39 is 44.5 Å². The summed E-state index contributed by atoms with van der Waals surface area (Å²) in [7, 11) is -2.13. The van der Waals surface area contributed by atoms with Crippen LogP contribution in [-0.2, 0) is 30.7 Å². The predicted molar refractivity (Wildman–Crippen MR) is 171 cm³/mol. The summed E-state index contributed by atoms with van der Waals surface area (Å²) in [6.45, 7) is 5.11. The predicted octanol–water partition coefficient (Wildman–Crippen LogP) is 5.72. The lowest BCUT2D eigenvalue weighted by atomic mass is 9.87. The lowest BCUT2D eigenvalue weighted by Crippen LogP contribution is -2.34. The van der Waals surface area contributed by atoms with E-state index in [-0.39, 0.29) is 60.0 Å². The molecule has 3 aromatic carbocycles. The summed E-state index contributed by atoms with van der Waals surface area (Å²) in [4.78, 5) is 36.7. The monoisotopic (exact) mass is 655 g/mol. The second-order valence-corrected chi connectivity index (χ2v) is 13.8. The molecule has 0 aliphatic rings. The number of hydrogen-bond donors (Lipinski definition) is 1. The van der Waals surface area contributed by atoms with Gasteiger partial charge in [0.2, 0.25) is 0 Å². The number of carbonyl (C=O) groups excluding carboxylic acids is 2. The maximum atomic E-state index is 13.2. The molecule has 0 aliphatic carbocycles. The maximum absolute atomic E-state index is 13.2. The molecule has 248 valence electrons. The summed E-state index contributed by atoms with van der Waals surface area (Å²) < 4.78 is 42.5. The average Bonchev–Trinajstić information content (AvgIpc) is 3.03. The Kier molecular flexibility index (Phi) is 13.0. The van der Waals surface area contributed by atoms with Gasteiger partial charge in [-0.3, -0.25) is 14.9 Å². The summed E-state index contributed by atoms with van der Waals surface area (Å²) in [5.41, 5.74) is -0.376. The van der Waals surface area contributed by atoms with E-state index >= 15 is 0 Å². The molecular weight excluding hydrogens is 614 g/mol. The number of non-ortho nitro benzene ring substituents is 1. The van der Waals surface area contributed by atoms with Crippen molar-refractivity contribution in [2.45, 2.75) is 76.3 Å². The van der Waals surface area contributed by atoms with Gasteiger partial charge in [-0.25, -0.2) is 13.2 Å². The van der Waals surface area contributed by atoms with Gasteiger partial charge in [-0.2, -0.15) is 0 Å². The van der Waals surface area contributed by atoms with Gasteiger partial charge in [-0.15, -0.1) is 0 Å². The van der Waals surface area contributed by atoms with E-state index in [1.165, 1.54) is 36.4 Å². The van der Waals surface area contributed by atoms with Crippen LogP contribution in [-0.4, -0.2) is 61.4 Å². The number of nitro benzene ring substituents is 1. The standard InChI is InChI=1S/C34H41NO10S/c1-24(44-22-25-13-19-28(43-4)20-14-25)31(36)21-29(45-33(38)26-15-17-27(18-16-26)35(39)40)9-8-12-32(37)34(2,3)23-46(41,42)30-10-6-5-7-11-30/h5-7,10-11,13-20,24,29,31,36H,8-9,12,21-23H2,1-4H3/t24-,29+,31-/m1/s1. The Hall–Kier alpha value is -4.13. The highest BCUT2D eigenvalue weighted by atomic mass is 32.2. The first kappa shape index (κ1) is 36.3. The molecule has 3 atom stereocenters. The number of sulfone groups is 1. The molecule has 0 saturated carbocycles. The van der Waals surface area contributed by atoms with Crippen LogP contribution < -0.4 is 4.74 Å². The van der Waals surface area contributed by atoms with Crippen LogP contribution in [0.1, 0.15) is 62.4 Å². The maximum Gasteiger partial charge on any atom is 0.338 e. The van der Waals surface area contributed by atoms with E-state index in [1.54, 1.807) is 58.2 Å². The second-order valence-electron chi connectivity index (χ2n) is 11.8. The van der Waals surface area contributed by atoms with E-state index in [4.69, 9.17) is 14.2 Å². The van der Waals surface area contributed by atoms with Gasteiger partial charge in [0, 0.05) is 30.4 Å². The molecule has 3 rings (SSSR count). The Morgan fingerprint density at radius 2 is 1.61 bits per heavy atom. The summed E-state index contributed by atoms with van der Waals surface area (Å²) in [6, 6.07) is 20.2. The highest BCUT2D eigenvalue weighted by molar-refractivity contribution is 7.91. The van der Waals surface area contributed by atoms with Gasteiger partial charge < -0.3 is 19.3 Å². The fraction of sp³-hybridized carbons (Fsp3) is 0.412. The first-order valence-electron chi connectivity index (χ1n) is 14.9. The molecule has 0 heterocycles. The van der Waals surface area contributed by atoms with Crippen LogP contribution in [0.25, 0.3) is 0 Å². The van der Waals surface area contributed by atoms with Crippen LogP contribution in [0.2, 0.25) is 0 Å². The van der Waals surface area contributed by atoms with Crippen molar-refractivity contribution in [1.82, 2.24) is 0 Å². The van der Waals surface area contributed by atoms with Gasteiger partial charge in [0.1, 0.15) is 17.6 Å². The second kappa shape index (κ2) is 16.4. The largest absolute Gasteiger partial charge is 0.497 e. The first-order valence-corrected chi connectivity index (χ1v) is 16.6. The molecule has 0 aliphatic heterocycles. The third kappa shape index (κ3) is 10.7. The molecule has 0 saturated heterocycles. The molecule has 0 radical (unpaired) electrons. The number of ether oxygens (including phenoxy) is 3. The Morgan fingerprint density at radius 1 is 0.978 bits per heavy atom. The van der Waals surface area contributed by atoms with Crippen LogP contribution in [0.3, 0.4) is 0 Å². The van der Waals surface area contributed by atoms with Gasteiger partial charge >= 0.3 is 5.97 Å². The molecule has 0 bridgehead atoms. The van der Waals surface area contributed by atoms with E-state index in [1.807, 2.05) is 12.1 Å². The lowest BCUT2D eigenvalue weighted by Gasteiger charge is -2.26. The van der Waals surface area contributed by atoms with Crippen molar-refractivity contribution in [1.29, 1.82) is 0 Å². The molecule has 0 amide bonds. The lowest BCUT2D eigenvalue weighted by molar-refractivity contribution is -0.384. The number of Topliss-reactive ketones (excluding diaryl/α,β-unsaturated/α-hetero) is 1. The van der Waals surface area contributed by atoms with Gasteiger partial charge in [-0.05, 0) is 61.7 Å². The molecule has 0 spiro atoms. The number of rotatable bonds is 18. The van der Waals surface area contributed by atoms with Crippen molar-refractivity contribution < 1.29 is 42.2 Å². The van der Waals surface area contributed by atoms with E-state index in [2.05, 4.69) is 0 Å². The number of methoxy groups -OCH3 is 1. The van der Waals surface area contributed by atoms with E-state index in [0.717, 1.165) is 5.56 Å². The Bertz CT molecular complexity index is 1560. The number of hydrogen-bond acceptors (Lipinski definition) is 10. The summed E-state index contributed by atoms with van der Waals surface area (Å²) in [5.74, 6) is -0.652. The van der Waals surface area contributed by atoms with Crippen molar-refractivity contribution in [3.63, 3.8) is 0 Å². The van der Waals surface area contributed by atoms with Crippen LogP contribution in [0.4, 0.5) is 5.69 Å². The summed E-state index contributed by atoms with van der Waals surface area (Å²) in [5, 5.41) is 22.0. The van der Waals surface area contributed by atoms with Gasteiger partial charge in [-0.1, -0.05) is 44.2 Å². The highest BCUT2D eigenvalue weighted by Gasteiger charge is 2.34. The highest BCUT2D eigenvalue weighted by Crippen LogP contribution is 2.27. The minimum Gasteiger partial charge on any atom is -0.497 e. The zero-order valence-electron chi connectivity index (χ0n) is 26.5. The fourth-order valence-electron chi connectivity index (χ4n) is 4.78. The molecule has 0 aromatic heterocycles. The normalized spacial score (nSPS) is 13.8. The van der Waals surface area contributed by atoms with Crippen LogP contribution in [0, 0.1) is 15.5 Å². The Morgan fingerprint density at radius 3 is 2.20 bits per heavy atom. The minimum atomic E-state index is -3.70. The average molecular weight is 656 g/mol. The minimum absolute atomic E-state index is 0.00245. The number of ketones is 1. The van der Waals surface area contributed by atoms with Gasteiger partial charge in [0.05, 0.1) is 47.1 Å². The zero-order chi connectivity index (χ0) is 33.9. The Labute approximate surface area is 269 Å². The van der Waals surface area contributed by atoms with E-state index in [9.17, 15) is 33.2 Å². The molecule has 11 nitrogen and oxygen atoms in total. The number of nitrogens with zero attached hydrogens (tertiary/aromatic N) is 1. The van der Waals surface area contributed by atoms with Crippen LogP contribution in [0.5, 0.6) is 5.75 Å². The van der Waals surface area contributed by atoms with Crippen LogP contribution >= 0.6 is 0 Å². The quantitative estimate of drug-likeness (QED) is 0.102. The number of nitro groups is 1. The third-order valence-corrected chi connectivity index (χ3v) is 9.74. The number of esters is 1. The molecular formula is C34H41NO10S. The molecule has 3 aromatic rings. The molecule has 12 heteroatoms. The number of aliphatic hydroxyl groups excluding tert-OH is 1. The van der Waals surface area contributed by atoms with E-state index in [0.29, 0.717) is 5.75 Å². The fourth-order valence-corrected chi connectivity index (χ4v) is 6.63. The smallest absolute Gasteiger partial charge is 0.338 e. The molecule has 46 heavy (non-hydrogen) atoms.